The molecule has 6 nitrogen and oxygen atoms in total. The third-order valence-electron chi connectivity index (χ3n) is 5.71. The second-order valence-corrected chi connectivity index (χ2v) is 6.93. The van der Waals surface area contributed by atoms with Crippen molar-refractivity contribution < 1.29 is 14.7 Å². The quantitative estimate of drug-likeness (QED) is 0.855. The molecule has 1 unspecified atom stereocenters. The zero-order valence-electron chi connectivity index (χ0n) is 14.2. The first-order valence-corrected chi connectivity index (χ1v) is 8.54. The highest BCUT2D eigenvalue weighted by molar-refractivity contribution is 6.02. The Morgan fingerprint density at radius 2 is 2.12 bits per heavy atom. The van der Waals surface area contributed by atoms with Crippen molar-refractivity contribution in [2.45, 2.75) is 25.2 Å². The first-order chi connectivity index (χ1) is 12.5. The van der Waals surface area contributed by atoms with Crippen LogP contribution in [0.3, 0.4) is 0 Å². The summed E-state index contributed by atoms with van der Waals surface area (Å²) >= 11 is 0. The Hall–Kier alpha value is -3.20. The molecule has 2 aliphatic carbocycles. The van der Waals surface area contributed by atoms with Gasteiger partial charge in [0, 0.05) is 12.1 Å². The van der Waals surface area contributed by atoms with Gasteiger partial charge < -0.3 is 5.11 Å². The zero-order chi connectivity index (χ0) is 18.5. The van der Waals surface area contributed by atoms with Gasteiger partial charge in [-0.25, -0.2) is 4.79 Å². The summed E-state index contributed by atoms with van der Waals surface area (Å²) in [5, 5.41) is 23.2. The van der Waals surface area contributed by atoms with Crippen molar-refractivity contribution in [3.05, 3.63) is 65.0 Å². The highest BCUT2D eigenvalue weighted by Gasteiger charge is 2.53. The molecule has 6 heteroatoms. The van der Waals surface area contributed by atoms with E-state index in [9.17, 15) is 20.0 Å². The number of carbonyl (C=O) groups excluding carboxylic acids is 1. The topological polar surface area (TPSA) is 96.0 Å². The van der Waals surface area contributed by atoms with Crippen LogP contribution in [-0.2, 0) is 16.6 Å². The minimum absolute atomic E-state index is 0.0702. The van der Waals surface area contributed by atoms with Crippen LogP contribution in [0, 0.1) is 23.2 Å². The van der Waals surface area contributed by atoms with Crippen molar-refractivity contribution >= 4 is 11.9 Å². The number of carbonyl (C=O) groups is 2. The van der Waals surface area contributed by atoms with Crippen LogP contribution >= 0.6 is 0 Å². The number of rotatable bonds is 1. The van der Waals surface area contributed by atoms with E-state index in [0.29, 0.717) is 12.1 Å². The molecule has 0 radical (unpaired) electrons. The van der Waals surface area contributed by atoms with Crippen molar-refractivity contribution in [1.82, 2.24) is 9.78 Å². The number of carboxylic acid groups (broad SMARTS) is 1. The highest BCUT2D eigenvalue weighted by atomic mass is 16.4. The summed E-state index contributed by atoms with van der Waals surface area (Å²) in [5.74, 6) is -0.553. The lowest BCUT2D eigenvalue weighted by molar-refractivity contribution is -0.121. The molecular formula is C20H17N3O3. The summed E-state index contributed by atoms with van der Waals surface area (Å²) in [6.07, 6.45) is 3.50. The van der Waals surface area contributed by atoms with E-state index in [2.05, 4.69) is 5.10 Å². The predicted molar refractivity (Wildman–Crippen MR) is 92.5 cm³/mol. The average molecular weight is 347 g/mol. The van der Waals surface area contributed by atoms with Gasteiger partial charge in [-0.05, 0) is 36.0 Å². The number of ketones is 1. The fourth-order valence-electron chi connectivity index (χ4n) is 4.54. The van der Waals surface area contributed by atoms with Crippen LogP contribution in [0.4, 0.5) is 4.79 Å². The number of aromatic nitrogens is 2. The maximum absolute atomic E-state index is 12.6. The monoisotopic (exact) mass is 347 g/mol. The lowest BCUT2D eigenvalue weighted by Gasteiger charge is -2.46. The normalized spacial score (nSPS) is 27.1. The Kier molecular flexibility index (Phi) is 3.55. The first kappa shape index (κ1) is 16.3. The van der Waals surface area contributed by atoms with E-state index < -0.39 is 11.5 Å². The molecule has 1 aromatic carbocycles. The van der Waals surface area contributed by atoms with E-state index in [1.165, 1.54) is 0 Å². The van der Waals surface area contributed by atoms with Crippen LogP contribution < -0.4 is 0 Å². The molecule has 2 aliphatic rings. The number of benzene rings is 1. The Labute approximate surface area is 150 Å². The molecule has 1 aromatic heterocycles. The van der Waals surface area contributed by atoms with Crippen LogP contribution in [0.1, 0.15) is 30.2 Å². The van der Waals surface area contributed by atoms with Crippen LogP contribution in [0.15, 0.2) is 48.2 Å². The van der Waals surface area contributed by atoms with Gasteiger partial charge in [-0.2, -0.15) is 15.0 Å². The molecule has 0 fully saturated rings. The third-order valence-corrected chi connectivity index (χ3v) is 5.71. The minimum atomic E-state index is -1.15. The molecule has 0 saturated carbocycles. The van der Waals surface area contributed by atoms with Crippen LogP contribution in [-0.4, -0.2) is 26.8 Å². The summed E-state index contributed by atoms with van der Waals surface area (Å²) in [4.78, 5) is 24.0. The van der Waals surface area contributed by atoms with E-state index in [1.807, 2.05) is 43.3 Å². The zero-order valence-corrected chi connectivity index (χ0v) is 14.2. The largest absolute Gasteiger partial charge is 0.463 e. The summed E-state index contributed by atoms with van der Waals surface area (Å²) in [5.41, 5.74) is 1.76. The van der Waals surface area contributed by atoms with Gasteiger partial charge in [0.25, 0.3) is 0 Å². The number of fused-ring (bicyclic) bond motifs is 3. The molecule has 4 rings (SSSR count). The molecule has 0 bridgehead atoms. The van der Waals surface area contributed by atoms with Crippen LogP contribution in [0.5, 0.6) is 0 Å². The van der Waals surface area contributed by atoms with Crippen molar-refractivity contribution in [2.75, 3.05) is 0 Å². The van der Waals surface area contributed by atoms with Gasteiger partial charge in [0.05, 0.1) is 16.7 Å². The lowest BCUT2D eigenvalue weighted by Crippen LogP contribution is -2.48. The van der Waals surface area contributed by atoms with Gasteiger partial charge >= 0.3 is 6.09 Å². The summed E-state index contributed by atoms with van der Waals surface area (Å²) in [7, 11) is 0. The van der Waals surface area contributed by atoms with Crippen molar-refractivity contribution in [2.24, 2.45) is 11.8 Å². The van der Waals surface area contributed by atoms with Gasteiger partial charge in [-0.15, -0.1) is 0 Å². The van der Waals surface area contributed by atoms with E-state index in [0.717, 1.165) is 22.2 Å². The van der Waals surface area contributed by atoms with Gasteiger partial charge in [0.15, 0.2) is 5.78 Å². The maximum atomic E-state index is 12.6. The number of aryl methyl sites for hydroxylation is 1. The Balaban J connectivity index is 2.07. The highest BCUT2D eigenvalue weighted by Crippen LogP contribution is 2.53. The van der Waals surface area contributed by atoms with E-state index in [-0.39, 0.29) is 23.2 Å². The van der Waals surface area contributed by atoms with E-state index in [4.69, 9.17) is 0 Å². The predicted octanol–water partition coefficient (Wildman–Crippen LogP) is 2.93. The van der Waals surface area contributed by atoms with Gasteiger partial charge in [-0.3, -0.25) is 4.79 Å². The maximum Gasteiger partial charge on any atom is 0.432 e. The molecule has 130 valence electrons. The van der Waals surface area contributed by atoms with Crippen LogP contribution in [0.25, 0.3) is 0 Å². The Bertz CT molecular complexity index is 983. The van der Waals surface area contributed by atoms with Gasteiger partial charge in [0.1, 0.15) is 6.07 Å². The number of allylic oxidation sites excluding steroid dienone is 2. The SMILES string of the molecule is C[C@@H]1C(=O)C(C#N)=C[C@]2(c3ccccc3)c3nn(C(=O)O)cc3CCC12. The minimum Gasteiger partial charge on any atom is -0.463 e. The molecule has 0 spiro atoms. The standard InChI is InChI=1S/C20H17N3O3/c1-12-16-8-7-13-11-23(19(25)26)22-18(13)20(16,9-14(10-21)17(12)24)15-5-3-2-4-6-15/h2-6,9,11-12,16H,7-8H2,1H3,(H,25,26)/t12-,16?,20+/m0/s1. The Morgan fingerprint density at radius 3 is 2.77 bits per heavy atom. The molecule has 0 aliphatic heterocycles. The number of nitrogens with zero attached hydrogens (tertiary/aromatic N) is 3. The number of hydrogen-bond donors (Lipinski definition) is 1. The summed E-state index contributed by atoms with van der Waals surface area (Å²) in [6, 6.07) is 11.7. The fourth-order valence-corrected chi connectivity index (χ4v) is 4.54. The summed E-state index contributed by atoms with van der Waals surface area (Å²) in [6.45, 7) is 1.86. The molecule has 1 heterocycles. The number of nitriles is 1. The van der Waals surface area contributed by atoms with Crippen molar-refractivity contribution in [3.63, 3.8) is 0 Å². The van der Waals surface area contributed by atoms with Crippen molar-refractivity contribution in [3.8, 4) is 6.07 Å². The number of hydrogen-bond acceptors (Lipinski definition) is 4. The second-order valence-electron chi connectivity index (χ2n) is 6.93. The molecular weight excluding hydrogens is 330 g/mol. The van der Waals surface area contributed by atoms with E-state index in [1.54, 1.807) is 12.3 Å². The summed E-state index contributed by atoms with van der Waals surface area (Å²) < 4.78 is 0.929. The lowest BCUT2D eigenvalue weighted by atomic mass is 9.54. The molecule has 3 atom stereocenters. The molecule has 0 saturated heterocycles. The Morgan fingerprint density at radius 1 is 1.38 bits per heavy atom. The molecule has 26 heavy (non-hydrogen) atoms. The van der Waals surface area contributed by atoms with Crippen LogP contribution in [0.2, 0.25) is 0 Å². The molecule has 1 N–H and O–H groups in total. The van der Waals surface area contributed by atoms with Gasteiger partial charge in [0.2, 0.25) is 0 Å². The molecule has 0 amide bonds. The second kappa shape index (κ2) is 5.67. The average Bonchev–Trinajstić information content (AvgIpc) is 3.10. The van der Waals surface area contributed by atoms with Gasteiger partial charge in [-0.1, -0.05) is 37.3 Å². The van der Waals surface area contributed by atoms with Crippen molar-refractivity contribution in [1.29, 1.82) is 5.26 Å². The fraction of sp³-hybridized carbons (Fsp3) is 0.300. The van der Waals surface area contributed by atoms with E-state index >= 15 is 0 Å². The molecule has 2 aromatic rings. The first-order valence-electron chi connectivity index (χ1n) is 8.54. The number of Topliss-reactive ketones (excluding diaryl/α,β-unsaturated/α-hetero) is 1. The smallest absolute Gasteiger partial charge is 0.432 e. The third kappa shape index (κ3) is 2.07.